The van der Waals surface area contributed by atoms with E-state index in [1.807, 2.05) is 6.07 Å². The molecule has 1 N–H and O–H groups in total. The molecule has 0 radical (unpaired) electrons. The zero-order valence-electron chi connectivity index (χ0n) is 15.2. The molecular formula is C19H17FN4O3S. The van der Waals surface area contributed by atoms with Crippen molar-refractivity contribution >= 4 is 28.7 Å². The van der Waals surface area contributed by atoms with Crippen LogP contribution in [0.15, 0.2) is 36.4 Å². The zero-order valence-corrected chi connectivity index (χ0v) is 16.0. The highest BCUT2D eigenvalue weighted by atomic mass is 32.2. The first-order chi connectivity index (χ1) is 13.5. The van der Waals surface area contributed by atoms with Gasteiger partial charge < -0.3 is 14.5 Å². The summed E-state index contributed by atoms with van der Waals surface area (Å²) >= 11 is 1.18. The van der Waals surface area contributed by atoms with E-state index in [-0.39, 0.29) is 11.8 Å². The van der Waals surface area contributed by atoms with Gasteiger partial charge in [0.2, 0.25) is 0 Å². The van der Waals surface area contributed by atoms with Crippen LogP contribution in [0, 0.1) is 11.3 Å². The molecule has 28 heavy (non-hydrogen) atoms. The minimum atomic E-state index is -0.753. The Hall–Kier alpha value is -3.12. The van der Waals surface area contributed by atoms with Crippen molar-refractivity contribution < 1.29 is 18.7 Å². The van der Waals surface area contributed by atoms with Crippen molar-refractivity contribution in [2.24, 2.45) is 0 Å². The Labute approximate surface area is 164 Å². The van der Waals surface area contributed by atoms with Crippen LogP contribution >= 0.6 is 11.8 Å². The molecule has 0 fully saturated rings. The van der Waals surface area contributed by atoms with Crippen molar-refractivity contribution in [3.05, 3.63) is 42.1 Å². The largest absolute Gasteiger partial charge is 0.483 e. The smallest absolute Gasteiger partial charge is 0.301 e. The number of nitrogens with one attached hydrogen (secondary N) is 1. The number of H-pyrrole nitrogens is 1. The molecule has 0 saturated carbocycles. The third-order valence-corrected chi connectivity index (χ3v) is 4.69. The van der Waals surface area contributed by atoms with Gasteiger partial charge in [-0.3, -0.25) is 4.79 Å². The Morgan fingerprint density at radius 1 is 1.25 bits per heavy atom. The third kappa shape index (κ3) is 4.40. The SMILES string of the molecule is CS[C@@H](C#N)C(=O)C(C)Oc1ccc(Oc2nc3nc(CF)ccc3[nH]2)cc1. The molecule has 3 aromatic rings. The normalized spacial score (nSPS) is 12.9. The summed E-state index contributed by atoms with van der Waals surface area (Å²) in [6.07, 6.45) is 0.964. The Balaban J connectivity index is 1.66. The summed E-state index contributed by atoms with van der Waals surface area (Å²) in [4.78, 5) is 23.3. The summed E-state index contributed by atoms with van der Waals surface area (Å²) in [6, 6.07) is 12.1. The number of hydrogen-bond donors (Lipinski definition) is 1. The lowest BCUT2D eigenvalue weighted by Crippen LogP contribution is -2.31. The van der Waals surface area contributed by atoms with Crippen LogP contribution in [0.2, 0.25) is 0 Å². The predicted molar refractivity (Wildman–Crippen MR) is 103 cm³/mol. The number of aromatic amines is 1. The lowest BCUT2D eigenvalue weighted by molar-refractivity contribution is -0.123. The maximum Gasteiger partial charge on any atom is 0.301 e. The molecule has 7 nitrogen and oxygen atoms in total. The molecule has 2 atom stereocenters. The average Bonchev–Trinajstić information content (AvgIpc) is 3.11. The molecule has 2 aromatic heterocycles. The molecule has 3 rings (SSSR count). The monoisotopic (exact) mass is 400 g/mol. The fourth-order valence-corrected chi connectivity index (χ4v) is 2.97. The first kappa shape index (κ1) is 19.6. The van der Waals surface area contributed by atoms with E-state index in [4.69, 9.17) is 14.7 Å². The number of thioether (sulfide) groups is 1. The second-order valence-electron chi connectivity index (χ2n) is 5.83. The van der Waals surface area contributed by atoms with E-state index in [1.165, 1.54) is 11.8 Å². The van der Waals surface area contributed by atoms with Gasteiger partial charge in [0.15, 0.2) is 22.8 Å². The number of nitriles is 1. The van der Waals surface area contributed by atoms with Crippen LogP contribution in [-0.2, 0) is 11.5 Å². The van der Waals surface area contributed by atoms with E-state index in [0.29, 0.717) is 28.4 Å². The summed E-state index contributed by atoms with van der Waals surface area (Å²) in [5.74, 6) is 0.692. The fourth-order valence-electron chi connectivity index (χ4n) is 2.44. The predicted octanol–water partition coefficient (Wildman–Crippen LogP) is 3.81. The highest BCUT2D eigenvalue weighted by Gasteiger charge is 2.24. The van der Waals surface area contributed by atoms with Crippen LogP contribution in [-0.4, -0.2) is 38.3 Å². The number of imidazole rings is 1. The Kier molecular flexibility index (Phi) is 6.11. The lowest BCUT2D eigenvalue weighted by Gasteiger charge is -2.15. The number of nitrogens with zero attached hydrogens (tertiary/aromatic N) is 3. The van der Waals surface area contributed by atoms with E-state index in [0.717, 1.165) is 0 Å². The van der Waals surface area contributed by atoms with Crippen LogP contribution in [0.25, 0.3) is 11.2 Å². The first-order valence-corrected chi connectivity index (χ1v) is 9.65. The van der Waals surface area contributed by atoms with Gasteiger partial charge in [-0.1, -0.05) is 0 Å². The van der Waals surface area contributed by atoms with E-state index < -0.39 is 18.0 Å². The molecule has 1 aromatic carbocycles. The number of hydrogen-bond acceptors (Lipinski definition) is 7. The number of Topliss-reactive ketones (excluding diaryl/α,β-unsaturated/α-hetero) is 1. The number of carbonyl (C=O) groups excluding carboxylic acids is 1. The van der Waals surface area contributed by atoms with Crippen molar-refractivity contribution in [1.82, 2.24) is 15.0 Å². The Bertz CT molecular complexity index is 1020. The van der Waals surface area contributed by atoms with Crippen LogP contribution in [0.1, 0.15) is 12.6 Å². The first-order valence-electron chi connectivity index (χ1n) is 8.36. The van der Waals surface area contributed by atoms with Gasteiger partial charge in [0.05, 0.1) is 17.3 Å². The molecule has 0 spiro atoms. The average molecular weight is 400 g/mol. The van der Waals surface area contributed by atoms with Crippen LogP contribution in [0.4, 0.5) is 4.39 Å². The second-order valence-corrected chi connectivity index (χ2v) is 6.77. The number of ether oxygens (including phenoxy) is 2. The number of halogens is 1. The lowest BCUT2D eigenvalue weighted by atomic mass is 10.2. The van der Waals surface area contributed by atoms with Gasteiger partial charge in [-0.15, -0.1) is 11.8 Å². The number of carbonyl (C=O) groups is 1. The van der Waals surface area contributed by atoms with Gasteiger partial charge in [0.1, 0.15) is 18.2 Å². The van der Waals surface area contributed by atoms with E-state index in [1.54, 1.807) is 49.6 Å². The van der Waals surface area contributed by atoms with Gasteiger partial charge in [-0.05, 0) is 49.6 Å². The standard InChI is InChI=1S/C19H17FN4O3S/c1-11(17(25)16(10-21)28-2)26-13-4-6-14(7-5-13)27-19-23-15-8-3-12(9-20)22-18(15)24-19/h3-8,11,16H,9H2,1-2H3,(H,22,23,24)/t11?,16-/m0/s1. The topological polar surface area (TPSA) is 101 Å². The van der Waals surface area contributed by atoms with Crippen molar-refractivity contribution in [3.63, 3.8) is 0 Å². The number of fused-ring (bicyclic) bond motifs is 1. The summed E-state index contributed by atoms with van der Waals surface area (Å²) in [7, 11) is 0. The van der Waals surface area contributed by atoms with E-state index >= 15 is 0 Å². The number of rotatable bonds is 8. The Morgan fingerprint density at radius 2 is 1.96 bits per heavy atom. The van der Waals surface area contributed by atoms with Gasteiger partial charge >= 0.3 is 6.01 Å². The summed E-state index contributed by atoms with van der Waals surface area (Å²) < 4.78 is 23.9. The van der Waals surface area contributed by atoms with Gasteiger partial charge in [0.25, 0.3) is 0 Å². The van der Waals surface area contributed by atoms with E-state index in [9.17, 15) is 9.18 Å². The molecule has 0 aliphatic heterocycles. The number of ketones is 1. The van der Waals surface area contributed by atoms with Crippen molar-refractivity contribution in [2.45, 2.75) is 25.0 Å². The quantitative estimate of drug-likeness (QED) is 0.613. The van der Waals surface area contributed by atoms with E-state index in [2.05, 4.69) is 15.0 Å². The molecular weight excluding hydrogens is 383 g/mol. The highest BCUT2D eigenvalue weighted by Crippen LogP contribution is 2.24. The van der Waals surface area contributed by atoms with Gasteiger partial charge in [-0.2, -0.15) is 10.2 Å². The molecule has 1 unspecified atom stereocenters. The molecule has 0 bridgehead atoms. The van der Waals surface area contributed by atoms with Crippen LogP contribution < -0.4 is 9.47 Å². The second kappa shape index (κ2) is 8.71. The maximum atomic E-state index is 12.7. The summed E-state index contributed by atoms with van der Waals surface area (Å²) in [5, 5.41) is 8.22. The summed E-state index contributed by atoms with van der Waals surface area (Å²) in [5.41, 5.74) is 1.31. The van der Waals surface area contributed by atoms with Crippen LogP contribution in [0.3, 0.4) is 0 Å². The van der Waals surface area contributed by atoms with Gasteiger partial charge in [-0.25, -0.2) is 9.37 Å². The number of pyridine rings is 1. The number of benzene rings is 1. The third-order valence-electron chi connectivity index (χ3n) is 3.88. The fraction of sp³-hybridized carbons (Fsp3) is 0.263. The van der Waals surface area contributed by atoms with Crippen molar-refractivity contribution in [2.75, 3.05) is 6.26 Å². The van der Waals surface area contributed by atoms with Crippen molar-refractivity contribution in [3.8, 4) is 23.6 Å². The van der Waals surface area contributed by atoms with Crippen molar-refractivity contribution in [1.29, 1.82) is 5.26 Å². The van der Waals surface area contributed by atoms with Crippen LogP contribution in [0.5, 0.6) is 17.5 Å². The molecule has 9 heteroatoms. The molecule has 144 valence electrons. The highest BCUT2D eigenvalue weighted by molar-refractivity contribution is 8.00. The molecule has 0 aliphatic rings. The molecule has 0 saturated heterocycles. The number of aromatic nitrogens is 3. The molecule has 0 aliphatic carbocycles. The van der Waals surface area contributed by atoms with Gasteiger partial charge in [0, 0.05) is 0 Å². The minimum Gasteiger partial charge on any atom is -0.483 e. The Morgan fingerprint density at radius 3 is 2.61 bits per heavy atom. The number of alkyl halides is 1. The molecule has 0 amide bonds. The summed E-state index contributed by atoms with van der Waals surface area (Å²) in [6.45, 7) is 0.952. The maximum absolute atomic E-state index is 12.7. The molecule has 2 heterocycles. The minimum absolute atomic E-state index is 0.229. The zero-order chi connectivity index (χ0) is 20.1.